The van der Waals surface area contributed by atoms with Gasteiger partial charge in [-0.25, -0.2) is 0 Å². The largest absolute Gasteiger partial charge is 0.487 e. The van der Waals surface area contributed by atoms with Crippen LogP contribution in [0, 0.1) is 6.92 Å². The van der Waals surface area contributed by atoms with E-state index in [1.165, 1.54) is 24.8 Å². The molecule has 0 unspecified atom stereocenters. The molecule has 0 amide bonds. The molecule has 0 atom stereocenters. The van der Waals surface area contributed by atoms with Gasteiger partial charge in [0.05, 0.1) is 0 Å². The Morgan fingerprint density at radius 3 is 2.72 bits per heavy atom. The summed E-state index contributed by atoms with van der Waals surface area (Å²) in [6, 6.07) is 6.25. The zero-order chi connectivity index (χ0) is 13.0. The molecule has 1 N–H and O–H groups in total. The normalized spacial score (nSPS) is 17.3. The van der Waals surface area contributed by atoms with Gasteiger partial charge in [-0.3, -0.25) is 0 Å². The molecule has 0 spiro atoms. The molecule has 0 aromatic heterocycles. The second-order valence-corrected chi connectivity index (χ2v) is 6.01. The minimum absolute atomic E-state index is 0.0858. The Hall–Kier alpha value is -0.540. The molecule has 1 saturated carbocycles. The molecule has 0 heterocycles. The molecule has 1 aliphatic rings. The molecule has 0 aliphatic heterocycles. The maximum Gasteiger partial charge on any atom is 0.120 e. The van der Waals surface area contributed by atoms with Crippen LogP contribution < -0.4 is 10.1 Å². The van der Waals surface area contributed by atoms with Gasteiger partial charge in [0.1, 0.15) is 11.4 Å². The maximum absolute atomic E-state index is 6.26. The number of aryl methyl sites for hydroxylation is 1. The highest BCUT2D eigenvalue weighted by Crippen LogP contribution is 2.39. The lowest BCUT2D eigenvalue weighted by Gasteiger charge is -2.42. The van der Waals surface area contributed by atoms with E-state index in [1.807, 2.05) is 0 Å². The molecule has 0 bridgehead atoms. The average molecular weight is 312 g/mol. The van der Waals surface area contributed by atoms with Crippen LogP contribution in [0.3, 0.4) is 0 Å². The number of ether oxygens (including phenoxy) is 1. The Kier molecular flexibility index (Phi) is 4.68. The number of nitrogens with one attached hydrogen (secondary N) is 1. The molecule has 100 valence electrons. The van der Waals surface area contributed by atoms with Crippen LogP contribution >= 0.6 is 15.9 Å². The number of hydrogen-bond acceptors (Lipinski definition) is 2. The predicted molar refractivity (Wildman–Crippen MR) is 79.2 cm³/mol. The Balaban J connectivity index is 1.98. The molecule has 1 fully saturated rings. The van der Waals surface area contributed by atoms with E-state index < -0.39 is 0 Å². The zero-order valence-electron chi connectivity index (χ0n) is 11.3. The van der Waals surface area contributed by atoms with Crippen molar-refractivity contribution in [3.8, 4) is 5.75 Å². The third-order valence-electron chi connectivity index (χ3n) is 3.74. The van der Waals surface area contributed by atoms with Gasteiger partial charge < -0.3 is 10.1 Å². The molecule has 18 heavy (non-hydrogen) atoms. The number of benzene rings is 1. The van der Waals surface area contributed by atoms with Gasteiger partial charge in [-0.15, -0.1) is 0 Å². The average Bonchev–Trinajstić information content (AvgIpc) is 2.31. The zero-order valence-corrected chi connectivity index (χ0v) is 12.8. The quantitative estimate of drug-likeness (QED) is 0.800. The third kappa shape index (κ3) is 3.27. The molecule has 0 saturated heterocycles. The van der Waals surface area contributed by atoms with Crippen LogP contribution in [0.1, 0.15) is 38.2 Å². The summed E-state index contributed by atoms with van der Waals surface area (Å²) in [7, 11) is 0. The molecule has 2 nitrogen and oxygen atoms in total. The molecule has 2 rings (SSSR count). The summed E-state index contributed by atoms with van der Waals surface area (Å²) >= 11 is 3.53. The van der Waals surface area contributed by atoms with Gasteiger partial charge in [0, 0.05) is 4.47 Å². The summed E-state index contributed by atoms with van der Waals surface area (Å²) in [6.07, 6.45) is 4.78. The lowest BCUT2D eigenvalue weighted by atomic mass is 9.77. The van der Waals surface area contributed by atoms with E-state index in [-0.39, 0.29) is 5.60 Å². The van der Waals surface area contributed by atoms with Gasteiger partial charge in [0.25, 0.3) is 0 Å². The van der Waals surface area contributed by atoms with E-state index in [0.29, 0.717) is 0 Å². The molecule has 0 radical (unpaired) electrons. The van der Waals surface area contributed by atoms with E-state index >= 15 is 0 Å². The Bertz CT molecular complexity index is 401. The fourth-order valence-electron chi connectivity index (χ4n) is 2.40. The second-order valence-electron chi connectivity index (χ2n) is 5.15. The fraction of sp³-hybridized carbons (Fsp3) is 0.600. The topological polar surface area (TPSA) is 21.3 Å². The van der Waals surface area contributed by atoms with Crippen LogP contribution in [0.25, 0.3) is 0 Å². The summed E-state index contributed by atoms with van der Waals surface area (Å²) in [6.45, 7) is 6.33. The lowest BCUT2D eigenvalue weighted by molar-refractivity contribution is -0.0141. The fourth-order valence-corrected chi connectivity index (χ4v) is 2.64. The van der Waals surface area contributed by atoms with E-state index in [0.717, 1.165) is 29.7 Å². The molecular formula is C15H22BrNO. The van der Waals surface area contributed by atoms with Gasteiger partial charge in [-0.05, 0) is 69.5 Å². The van der Waals surface area contributed by atoms with Crippen molar-refractivity contribution >= 4 is 15.9 Å². The van der Waals surface area contributed by atoms with Crippen LogP contribution in [-0.4, -0.2) is 18.7 Å². The van der Waals surface area contributed by atoms with Crippen molar-refractivity contribution in [1.82, 2.24) is 5.32 Å². The predicted octanol–water partition coefficient (Wildman–Crippen LogP) is 4.06. The van der Waals surface area contributed by atoms with Gasteiger partial charge in [-0.1, -0.05) is 22.9 Å². The highest BCUT2D eigenvalue weighted by Gasteiger charge is 2.38. The molecule has 3 heteroatoms. The van der Waals surface area contributed by atoms with E-state index in [2.05, 4.69) is 53.3 Å². The first-order valence-corrected chi connectivity index (χ1v) is 7.60. The van der Waals surface area contributed by atoms with Crippen LogP contribution in [-0.2, 0) is 0 Å². The van der Waals surface area contributed by atoms with Crippen molar-refractivity contribution in [2.75, 3.05) is 13.1 Å². The smallest absolute Gasteiger partial charge is 0.120 e. The number of halogens is 1. The molecule has 1 aromatic rings. The highest BCUT2D eigenvalue weighted by atomic mass is 79.9. The van der Waals surface area contributed by atoms with Gasteiger partial charge >= 0.3 is 0 Å². The van der Waals surface area contributed by atoms with Crippen LogP contribution in [0.4, 0.5) is 0 Å². The summed E-state index contributed by atoms with van der Waals surface area (Å²) < 4.78 is 7.40. The van der Waals surface area contributed by atoms with Gasteiger partial charge in [-0.2, -0.15) is 0 Å². The Morgan fingerprint density at radius 1 is 1.39 bits per heavy atom. The van der Waals surface area contributed by atoms with Crippen molar-refractivity contribution in [1.29, 1.82) is 0 Å². The monoisotopic (exact) mass is 311 g/mol. The minimum Gasteiger partial charge on any atom is -0.487 e. The summed E-state index contributed by atoms with van der Waals surface area (Å²) in [5.41, 5.74) is 1.32. The maximum atomic E-state index is 6.26. The highest BCUT2D eigenvalue weighted by molar-refractivity contribution is 9.10. The lowest BCUT2D eigenvalue weighted by Crippen LogP contribution is -2.45. The first-order chi connectivity index (χ1) is 8.65. The first kappa shape index (κ1) is 13.9. The number of hydrogen-bond donors (Lipinski definition) is 1. The van der Waals surface area contributed by atoms with Crippen LogP contribution in [0.5, 0.6) is 5.75 Å². The SMILES string of the molecule is CCNCCC1(Oc2ccc(Br)c(C)c2)CCC1. The Morgan fingerprint density at radius 2 is 2.17 bits per heavy atom. The molecule has 1 aromatic carbocycles. The Labute approximate surface area is 118 Å². The molecule has 1 aliphatic carbocycles. The second kappa shape index (κ2) is 6.07. The van der Waals surface area contributed by atoms with Crippen molar-refractivity contribution in [2.24, 2.45) is 0 Å². The van der Waals surface area contributed by atoms with Gasteiger partial charge in [0.15, 0.2) is 0 Å². The third-order valence-corrected chi connectivity index (χ3v) is 4.63. The number of rotatable bonds is 6. The van der Waals surface area contributed by atoms with Crippen molar-refractivity contribution < 1.29 is 4.74 Å². The van der Waals surface area contributed by atoms with Gasteiger partial charge in [0.2, 0.25) is 0 Å². The van der Waals surface area contributed by atoms with Crippen molar-refractivity contribution in [3.05, 3.63) is 28.2 Å². The van der Waals surface area contributed by atoms with E-state index in [4.69, 9.17) is 4.74 Å². The standard InChI is InChI=1S/C15H22BrNO/c1-3-17-10-9-15(7-4-8-15)18-13-5-6-14(16)12(2)11-13/h5-6,11,17H,3-4,7-10H2,1-2H3. The summed E-state index contributed by atoms with van der Waals surface area (Å²) in [4.78, 5) is 0. The first-order valence-electron chi connectivity index (χ1n) is 6.81. The van der Waals surface area contributed by atoms with Crippen molar-refractivity contribution in [3.63, 3.8) is 0 Å². The van der Waals surface area contributed by atoms with Crippen LogP contribution in [0.15, 0.2) is 22.7 Å². The van der Waals surface area contributed by atoms with Crippen LogP contribution in [0.2, 0.25) is 0 Å². The van der Waals surface area contributed by atoms with Crippen molar-refractivity contribution in [2.45, 2.75) is 45.1 Å². The van der Waals surface area contributed by atoms with E-state index in [9.17, 15) is 0 Å². The minimum atomic E-state index is 0.0858. The summed E-state index contributed by atoms with van der Waals surface area (Å²) in [5, 5.41) is 3.39. The molecular weight excluding hydrogens is 290 g/mol. The summed E-state index contributed by atoms with van der Waals surface area (Å²) in [5.74, 6) is 1.01. The van der Waals surface area contributed by atoms with E-state index in [1.54, 1.807) is 0 Å².